The van der Waals surface area contributed by atoms with E-state index in [1.54, 1.807) is 0 Å². The quantitative estimate of drug-likeness (QED) is 0.119. The molecule has 6 aromatic rings. The van der Waals surface area contributed by atoms with Crippen LogP contribution in [0, 0.1) is 0 Å². The van der Waals surface area contributed by atoms with E-state index in [0.717, 1.165) is 72.8 Å². The number of likely N-dealkylation sites (tertiary alicyclic amines) is 2. The van der Waals surface area contributed by atoms with Gasteiger partial charge in [-0.2, -0.15) is 5.10 Å². The van der Waals surface area contributed by atoms with Crippen LogP contribution < -0.4 is 25.1 Å². The largest absolute Gasteiger partial charge is 0.366 e. The predicted octanol–water partition coefficient (Wildman–Crippen LogP) is 8.54. The average molecular weight is 976 g/mol. The number of amides is 4. The smallest absolute Gasteiger partial charge is 0.317 e. The summed E-state index contributed by atoms with van der Waals surface area (Å²) >= 11 is 0. The highest BCUT2D eigenvalue weighted by Gasteiger charge is 2.31. The minimum Gasteiger partial charge on any atom is -0.366 e. The van der Waals surface area contributed by atoms with Gasteiger partial charge < -0.3 is 40.0 Å². The number of urea groups is 2. The third-order valence-corrected chi connectivity index (χ3v) is 16.5. The van der Waals surface area contributed by atoms with Crippen molar-refractivity contribution in [2.45, 2.75) is 117 Å². The van der Waals surface area contributed by atoms with Crippen molar-refractivity contribution in [3.05, 3.63) is 109 Å². The summed E-state index contributed by atoms with van der Waals surface area (Å²) in [7, 11) is 0. The fraction of sp³-hybridized carbons (Fsp3) is 0.517. The van der Waals surface area contributed by atoms with E-state index in [0.29, 0.717) is 56.6 Å². The molecule has 8 heterocycles. The first kappa shape index (κ1) is 49.5. The number of anilines is 2. The maximum atomic E-state index is 14.0. The molecule has 4 amide bonds. The van der Waals surface area contributed by atoms with E-state index in [1.165, 1.54) is 61.0 Å². The molecule has 0 aliphatic carbocycles. The van der Waals surface area contributed by atoms with Crippen molar-refractivity contribution in [3.8, 4) is 22.3 Å². The molecule has 2 atom stereocenters. The number of rotatable bonds is 12. The van der Waals surface area contributed by atoms with E-state index in [1.807, 2.05) is 27.4 Å². The van der Waals surface area contributed by atoms with E-state index >= 15 is 0 Å². The van der Waals surface area contributed by atoms with Crippen LogP contribution in [0.25, 0.3) is 33.3 Å². The molecule has 72 heavy (non-hydrogen) atoms. The SMILES string of the molecule is CCNC(=O)N1CCN(c2cc[n+](CC(C)NC(=O)N3CCN(c4ccnn5cc(-c6ccc(C7CCN(C(C)C)CC7)cc6)cc45)CC3)n3cc(-c4ccc(C5CCN(C(C)C)CC5)cc4)cc23)C[C@H]1C. The number of benzene rings is 2. The molecular formula is C58H79N12O2+. The second kappa shape index (κ2) is 21.5. The van der Waals surface area contributed by atoms with Crippen molar-refractivity contribution in [3.63, 3.8) is 0 Å². The van der Waals surface area contributed by atoms with Crippen LogP contribution >= 0.6 is 0 Å². The van der Waals surface area contributed by atoms with E-state index in [4.69, 9.17) is 5.10 Å². The maximum Gasteiger partial charge on any atom is 0.317 e. The van der Waals surface area contributed by atoms with Crippen LogP contribution in [0.15, 0.2) is 97.6 Å². The van der Waals surface area contributed by atoms with Crippen LogP contribution in [-0.4, -0.2) is 148 Å². The third-order valence-electron chi connectivity index (χ3n) is 16.5. The molecule has 4 aromatic heterocycles. The Morgan fingerprint density at radius 1 is 0.639 bits per heavy atom. The number of carbonyl (C=O) groups excluding carboxylic acids is 2. The molecule has 0 spiro atoms. The van der Waals surface area contributed by atoms with Gasteiger partial charge in [0.15, 0.2) is 12.7 Å². The first-order valence-electron chi connectivity index (χ1n) is 27.2. The highest BCUT2D eigenvalue weighted by molar-refractivity contribution is 5.82. The summed E-state index contributed by atoms with van der Waals surface area (Å²) in [5.41, 5.74) is 12.1. The summed E-state index contributed by atoms with van der Waals surface area (Å²) < 4.78 is 6.48. The molecular weight excluding hydrogens is 897 g/mol. The van der Waals surface area contributed by atoms with Crippen LogP contribution in [0.3, 0.4) is 0 Å². The summed E-state index contributed by atoms with van der Waals surface area (Å²) in [5, 5.41) is 11.0. The Morgan fingerprint density at radius 3 is 1.76 bits per heavy atom. The van der Waals surface area contributed by atoms with Gasteiger partial charge >= 0.3 is 12.1 Å². The fourth-order valence-corrected chi connectivity index (χ4v) is 12.1. The molecule has 4 saturated heterocycles. The minimum atomic E-state index is -0.131. The van der Waals surface area contributed by atoms with E-state index in [2.05, 4.69) is 172 Å². The first-order chi connectivity index (χ1) is 34.9. The summed E-state index contributed by atoms with van der Waals surface area (Å²) in [6.45, 7) is 26.2. The minimum absolute atomic E-state index is 0.00336. The molecule has 14 nitrogen and oxygen atoms in total. The molecule has 2 aromatic carbocycles. The number of aromatic nitrogens is 4. The number of nitrogens with zero attached hydrogens (tertiary/aromatic N) is 10. The monoisotopic (exact) mass is 976 g/mol. The Labute approximate surface area is 427 Å². The molecule has 4 fully saturated rings. The summed E-state index contributed by atoms with van der Waals surface area (Å²) in [5.74, 6) is 1.23. The molecule has 10 rings (SSSR count). The van der Waals surface area contributed by atoms with Crippen molar-refractivity contribution >= 4 is 34.5 Å². The van der Waals surface area contributed by atoms with Gasteiger partial charge in [0, 0.05) is 100 Å². The molecule has 4 aliphatic heterocycles. The van der Waals surface area contributed by atoms with Gasteiger partial charge in [-0.25, -0.2) is 14.1 Å². The van der Waals surface area contributed by atoms with Crippen LogP contribution in [0.4, 0.5) is 21.0 Å². The fourth-order valence-electron chi connectivity index (χ4n) is 12.1. The number of nitrogens with one attached hydrogen (secondary N) is 2. The Morgan fingerprint density at radius 2 is 1.19 bits per heavy atom. The van der Waals surface area contributed by atoms with Crippen molar-refractivity contribution < 1.29 is 14.3 Å². The average Bonchev–Trinajstić information content (AvgIpc) is 4.06. The zero-order valence-corrected chi connectivity index (χ0v) is 44.0. The van der Waals surface area contributed by atoms with Crippen LogP contribution in [0.5, 0.6) is 0 Å². The Kier molecular flexibility index (Phi) is 14.8. The number of piperazine rings is 2. The van der Waals surface area contributed by atoms with Crippen LogP contribution in [-0.2, 0) is 6.54 Å². The van der Waals surface area contributed by atoms with Crippen molar-refractivity contribution in [2.24, 2.45) is 0 Å². The van der Waals surface area contributed by atoms with Gasteiger partial charge in [0.2, 0.25) is 0 Å². The van der Waals surface area contributed by atoms with E-state index in [-0.39, 0.29) is 24.1 Å². The molecule has 1 unspecified atom stereocenters. The zero-order chi connectivity index (χ0) is 50.0. The number of carbonyl (C=O) groups is 2. The standard InChI is InChI=1S/C58H78N12O2/c1-8-59-57(71)68-34-33-66(38-44(68)7)54-22-28-67(70-40-52(36-56(54)70)48-15-11-46(12-16-48)50-20-26-63(27-21-50)42(4)5)37-43(6)61-58(72)65-31-29-64(30-32-65)53-17-23-60-69-39-51(35-55(53)69)47-13-9-45(10-14-47)49-18-24-62(25-19-49)41(2)3/h9-17,22-23,28,35-36,39-44,49-50H,8,18-21,24-27,29-34,37-38H2,1-7H3,(H-,59,61,71,72)/p+1/t43?,44-/m1/s1. The van der Waals surface area contributed by atoms with Gasteiger partial charge in [-0.15, -0.1) is 9.20 Å². The summed E-state index contributed by atoms with van der Waals surface area (Å²) in [6.07, 6.45) is 13.3. The summed E-state index contributed by atoms with van der Waals surface area (Å²) in [4.78, 5) is 40.7. The van der Waals surface area contributed by atoms with Crippen LogP contribution in [0.1, 0.15) is 97.1 Å². The lowest BCUT2D eigenvalue weighted by Gasteiger charge is -2.40. The van der Waals surface area contributed by atoms with Gasteiger partial charge in [0.25, 0.3) is 0 Å². The van der Waals surface area contributed by atoms with Gasteiger partial charge in [-0.05, 0) is 153 Å². The highest BCUT2D eigenvalue weighted by Crippen LogP contribution is 2.35. The Balaban J connectivity index is 0.798. The van der Waals surface area contributed by atoms with Gasteiger partial charge in [0.05, 0.1) is 29.1 Å². The highest BCUT2D eigenvalue weighted by atomic mass is 16.2. The number of fused-ring (bicyclic) bond motifs is 2. The molecule has 14 heteroatoms. The van der Waals surface area contributed by atoms with Crippen molar-refractivity contribution in [2.75, 3.05) is 88.3 Å². The van der Waals surface area contributed by atoms with Gasteiger partial charge in [0.1, 0.15) is 5.52 Å². The Hall–Kier alpha value is -6.12. The third kappa shape index (κ3) is 10.5. The number of hydrogen-bond acceptors (Lipinski definition) is 7. The molecule has 0 radical (unpaired) electrons. The van der Waals surface area contributed by atoms with E-state index < -0.39 is 0 Å². The lowest BCUT2D eigenvalue weighted by atomic mass is 9.88. The Bertz CT molecular complexity index is 2790. The molecule has 4 aliphatic rings. The van der Waals surface area contributed by atoms with Crippen LogP contribution in [0.2, 0.25) is 0 Å². The van der Waals surface area contributed by atoms with Crippen molar-refractivity contribution in [1.29, 1.82) is 0 Å². The number of piperidine rings is 2. The molecule has 382 valence electrons. The first-order valence-corrected chi connectivity index (χ1v) is 27.2. The summed E-state index contributed by atoms with van der Waals surface area (Å²) in [6, 6.07) is 28.5. The van der Waals surface area contributed by atoms with Gasteiger partial charge in [-0.1, -0.05) is 48.5 Å². The maximum absolute atomic E-state index is 14.0. The normalized spacial score (nSPS) is 19.5. The number of hydrogen-bond donors (Lipinski definition) is 2. The topological polar surface area (TPSA) is 103 Å². The molecule has 0 bridgehead atoms. The van der Waals surface area contributed by atoms with Gasteiger partial charge in [-0.3, -0.25) is 0 Å². The second-order valence-corrected chi connectivity index (χ2v) is 21.8. The zero-order valence-electron chi connectivity index (χ0n) is 44.0. The molecule has 2 N–H and O–H groups in total. The lowest BCUT2D eigenvalue weighted by molar-refractivity contribution is -0.764. The van der Waals surface area contributed by atoms with E-state index in [9.17, 15) is 9.59 Å². The lowest BCUT2D eigenvalue weighted by Crippen LogP contribution is -2.57. The second-order valence-electron chi connectivity index (χ2n) is 21.8. The molecule has 0 saturated carbocycles. The van der Waals surface area contributed by atoms with Crippen molar-refractivity contribution in [1.82, 2.24) is 44.4 Å². The predicted molar refractivity (Wildman–Crippen MR) is 290 cm³/mol.